The molecule has 6 nitrogen and oxygen atoms in total. The second kappa shape index (κ2) is 6.60. The topological polar surface area (TPSA) is 97.7 Å². The zero-order chi connectivity index (χ0) is 17.3. The zero-order valence-corrected chi connectivity index (χ0v) is 14.6. The van der Waals surface area contributed by atoms with Crippen LogP contribution in [0.4, 0.5) is 0 Å². The highest BCUT2D eigenvalue weighted by Crippen LogP contribution is 2.29. The molecule has 1 aliphatic carbocycles. The number of benzene rings is 1. The van der Waals surface area contributed by atoms with Gasteiger partial charge in [0.2, 0.25) is 0 Å². The molecule has 3 N–H and O–H groups in total. The van der Waals surface area contributed by atoms with Gasteiger partial charge in [-0.15, -0.1) is 0 Å². The molecule has 3 rings (SSSR count). The molecule has 0 aliphatic heterocycles. The highest BCUT2D eigenvalue weighted by atomic mass is 79.9. The van der Waals surface area contributed by atoms with Crippen molar-refractivity contribution in [1.82, 2.24) is 5.43 Å². The summed E-state index contributed by atoms with van der Waals surface area (Å²) in [4.78, 5) is 23.6. The van der Waals surface area contributed by atoms with Crippen LogP contribution in [0.3, 0.4) is 0 Å². The Morgan fingerprint density at radius 3 is 2.62 bits per heavy atom. The van der Waals surface area contributed by atoms with E-state index in [0.717, 1.165) is 22.9 Å². The van der Waals surface area contributed by atoms with E-state index in [4.69, 9.17) is 10.2 Å². The first-order valence-electron chi connectivity index (χ1n) is 7.52. The van der Waals surface area contributed by atoms with Crippen molar-refractivity contribution in [3.8, 4) is 0 Å². The number of nitrogens with zero attached hydrogens (tertiary/aromatic N) is 1. The number of hydrogen-bond donors (Lipinski definition) is 2. The lowest BCUT2D eigenvalue weighted by atomic mass is 9.93. The molecule has 1 aromatic heterocycles. The molecule has 0 unspecified atom stereocenters. The Hall–Kier alpha value is -2.41. The lowest BCUT2D eigenvalue weighted by Crippen LogP contribution is -2.22. The van der Waals surface area contributed by atoms with Crippen molar-refractivity contribution in [3.63, 3.8) is 0 Å². The summed E-state index contributed by atoms with van der Waals surface area (Å²) >= 11 is 3.33. The minimum Gasteiger partial charge on any atom is -0.455 e. The van der Waals surface area contributed by atoms with Gasteiger partial charge in [-0.05, 0) is 44.0 Å². The van der Waals surface area contributed by atoms with Crippen molar-refractivity contribution in [2.24, 2.45) is 10.8 Å². The fourth-order valence-corrected chi connectivity index (χ4v) is 3.06. The smallest absolute Gasteiger partial charge is 0.284 e. The number of halogens is 1. The molecule has 2 aromatic rings. The summed E-state index contributed by atoms with van der Waals surface area (Å²) in [6.07, 6.45) is 2.26. The summed E-state index contributed by atoms with van der Waals surface area (Å²) in [5.74, 6) is -0.0310. The Morgan fingerprint density at radius 1 is 1.25 bits per heavy atom. The van der Waals surface area contributed by atoms with Gasteiger partial charge in [-0.1, -0.05) is 15.9 Å². The number of fused-ring (bicyclic) bond motifs is 1. The van der Waals surface area contributed by atoms with Gasteiger partial charge >= 0.3 is 0 Å². The SMILES string of the molecule is Cc1c(C(N)=O)oc2c1/C(=N/NC(=O)c1ccc(Br)cc1)CCC2. The molecule has 0 fully saturated rings. The first-order chi connectivity index (χ1) is 11.5. The number of hydrogen-bond acceptors (Lipinski definition) is 4. The minimum atomic E-state index is -0.597. The Kier molecular flexibility index (Phi) is 4.53. The van der Waals surface area contributed by atoms with Gasteiger partial charge < -0.3 is 10.2 Å². The van der Waals surface area contributed by atoms with E-state index >= 15 is 0 Å². The number of hydrazone groups is 1. The maximum Gasteiger partial charge on any atom is 0.284 e. The van der Waals surface area contributed by atoms with Crippen LogP contribution in [0.25, 0.3) is 0 Å². The molecule has 0 bridgehead atoms. The van der Waals surface area contributed by atoms with Gasteiger partial charge in [0, 0.05) is 27.6 Å². The third-order valence-corrected chi connectivity index (χ3v) is 4.48. The van der Waals surface area contributed by atoms with E-state index < -0.39 is 5.91 Å². The largest absolute Gasteiger partial charge is 0.455 e. The monoisotopic (exact) mass is 389 g/mol. The number of aryl methyl sites for hydroxylation is 1. The predicted molar refractivity (Wildman–Crippen MR) is 93.0 cm³/mol. The Labute approximate surface area is 147 Å². The van der Waals surface area contributed by atoms with E-state index in [-0.39, 0.29) is 11.7 Å². The molecule has 0 spiro atoms. The molecule has 0 saturated carbocycles. The molecule has 24 heavy (non-hydrogen) atoms. The summed E-state index contributed by atoms with van der Waals surface area (Å²) in [5.41, 5.74) is 10.6. The van der Waals surface area contributed by atoms with Crippen LogP contribution < -0.4 is 11.2 Å². The first kappa shape index (κ1) is 16.4. The highest BCUT2D eigenvalue weighted by Gasteiger charge is 2.27. The molecule has 1 aliphatic rings. The molecular weight excluding hydrogens is 374 g/mol. The molecule has 1 heterocycles. The normalized spacial score (nSPS) is 15.2. The van der Waals surface area contributed by atoms with Crippen LogP contribution in [-0.4, -0.2) is 17.5 Å². The fourth-order valence-electron chi connectivity index (χ4n) is 2.80. The number of carbonyl (C=O) groups is 2. The van der Waals surface area contributed by atoms with Crippen molar-refractivity contribution in [2.45, 2.75) is 26.2 Å². The quantitative estimate of drug-likeness (QED) is 0.789. The molecule has 1 aromatic carbocycles. The number of nitrogens with one attached hydrogen (secondary N) is 1. The van der Waals surface area contributed by atoms with Crippen molar-refractivity contribution in [2.75, 3.05) is 0 Å². The van der Waals surface area contributed by atoms with Gasteiger partial charge in [0.15, 0.2) is 5.76 Å². The van der Waals surface area contributed by atoms with E-state index in [1.165, 1.54) is 0 Å². The van der Waals surface area contributed by atoms with Crippen molar-refractivity contribution in [3.05, 3.63) is 56.9 Å². The molecule has 124 valence electrons. The maximum atomic E-state index is 12.2. The van der Waals surface area contributed by atoms with Gasteiger partial charge in [-0.25, -0.2) is 5.43 Å². The standard InChI is InChI=1S/C17H16BrN3O3/c1-9-14-12(3-2-4-13(14)24-15(9)16(19)22)20-21-17(23)10-5-7-11(18)8-6-10/h5-8H,2-4H2,1H3,(H2,19,22)(H,21,23)/b20-12+. The van der Waals surface area contributed by atoms with Crippen LogP contribution in [-0.2, 0) is 6.42 Å². The summed E-state index contributed by atoms with van der Waals surface area (Å²) in [5, 5.41) is 4.25. The second-order valence-electron chi connectivity index (χ2n) is 5.58. The Bertz CT molecular complexity index is 838. The first-order valence-corrected chi connectivity index (χ1v) is 8.31. The number of carbonyl (C=O) groups excluding carboxylic acids is 2. The third-order valence-electron chi connectivity index (χ3n) is 3.95. The summed E-state index contributed by atoms with van der Waals surface area (Å²) in [6, 6.07) is 7.00. The lowest BCUT2D eigenvalue weighted by molar-refractivity contribution is 0.0952. The highest BCUT2D eigenvalue weighted by molar-refractivity contribution is 9.10. The van der Waals surface area contributed by atoms with Crippen molar-refractivity contribution < 1.29 is 14.0 Å². The Morgan fingerprint density at radius 2 is 1.96 bits per heavy atom. The number of amides is 2. The lowest BCUT2D eigenvalue weighted by Gasteiger charge is -2.13. The molecule has 7 heteroatoms. The van der Waals surface area contributed by atoms with Gasteiger partial charge in [0.1, 0.15) is 5.76 Å². The van der Waals surface area contributed by atoms with E-state index in [9.17, 15) is 9.59 Å². The van der Waals surface area contributed by atoms with Crippen LogP contribution in [0.5, 0.6) is 0 Å². The minimum absolute atomic E-state index is 0.161. The number of rotatable bonds is 3. The predicted octanol–water partition coefficient (Wildman–Crippen LogP) is 2.92. The van der Waals surface area contributed by atoms with Gasteiger partial charge in [0.25, 0.3) is 11.8 Å². The maximum absolute atomic E-state index is 12.2. The van der Waals surface area contributed by atoms with Crippen molar-refractivity contribution in [1.29, 1.82) is 0 Å². The van der Waals surface area contributed by atoms with Crippen LogP contribution in [0.2, 0.25) is 0 Å². The average Bonchev–Trinajstić information content (AvgIpc) is 2.91. The summed E-state index contributed by atoms with van der Waals surface area (Å²) in [6.45, 7) is 1.78. The summed E-state index contributed by atoms with van der Waals surface area (Å²) < 4.78 is 6.46. The van der Waals surface area contributed by atoms with Crippen LogP contribution in [0, 0.1) is 6.92 Å². The number of nitrogens with two attached hydrogens (primary N) is 1. The fraction of sp³-hybridized carbons (Fsp3) is 0.235. The van der Waals surface area contributed by atoms with Crippen molar-refractivity contribution >= 4 is 33.5 Å². The van der Waals surface area contributed by atoms with Crippen LogP contribution in [0.15, 0.2) is 38.3 Å². The van der Waals surface area contributed by atoms with Crippen LogP contribution in [0.1, 0.15) is 50.6 Å². The van der Waals surface area contributed by atoms with Gasteiger partial charge in [-0.3, -0.25) is 9.59 Å². The Balaban J connectivity index is 1.86. The van der Waals surface area contributed by atoms with Gasteiger partial charge in [-0.2, -0.15) is 5.10 Å². The van der Waals surface area contributed by atoms with E-state index in [1.807, 2.05) is 0 Å². The zero-order valence-electron chi connectivity index (χ0n) is 13.1. The average molecular weight is 390 g/mol. The van der Waals surface area contributed by atoms with Crippen LogP contribution >= 0.6 is 15.9 Å². The number of furan rings is 1. The van der Waals surface area contributed by atoms with E-state index in [2.05, 4.69) is 26.5 Å². The number of primary amides is 1. The second-order valence-corrected chi connectivity index (χ2v) is 6.49. The molecular formula is C17H16BrN3O3. The molecule has 0 saturated heterocycles. The molecule has 0 atom stereocenters. The van der Waals surface area contributed by atoms with Gasteiger partial charge in [0.05, 0.1) is 5.71 Å². The van der Waals surface area contributed by atoms with E-state index in [0.29, 0.717) is 29.0 Å². The summed E-state index contributed by atoms with van der Waals surface area (Å²) in [7, 11) is 0. The third kappa shape index (κ3) is 3.12. The molecule has 2 amide bonds. The van der Waals surface area contributed by atoms with E-state index in [1.54, 1.807) is 31.2 Å². The molecule has 0 radical (unpaired) electrons.